The molecule has 0 aliphatic carbocycles. The van der Waals surface area contributed by atoms with E-state index in [9.17, 15) is 14.0 Å². The number of carbonyl (C=O) groups is 4. The summed E-state index contributed by atoms with van der Waals surface area (Å²) in [4.78, 5) is 45.4. The molecule has 0 saturated carbocycles. The van der Waals surface area contributed by atoms with Gasteiger partial charge in [0.25, 0.3) is 0 Å². The number of esters is 1. The van der Waals surface area contributed by atoms with Crippen molar-refractivity contribution in [1.82, 2.24) is 4.90 Å². The van der Waals surface area contributed by atoms with Gasteiger partial charge in [-0.05, 0) is 56.5 Å². The van der Waals surface area contributed by atoms with Gasteiger partial charge in [0.05, 0.1) is 13.2 Å². The number of rotatable bonds is 6. The molecule has 1 aromatic heterocycles. The van der Waals surface area contributed by atoms with Gasteiger partial charge in [0.15, 0.2) is 0 Å². The normalized spacial score (nSPS) is 14.0. The van der Waals surface area contributed by atoms with E-state index in [1.54, 1.807) is 24.4 Å². The third kappa shape index (κ3) is 7.92. The second kappa shape index (κ2) is 12.8. The summed E-state index contributed by atoms with van der Waals surface area (Å²) in [5, 5.41) is 19.9. The van der Waals surface area contributed by atoms with Crippen molar-refractivity contribution in [2.75, 3.05) is 31.6 Å². The Morgan fingerprint density at radius 2 is 1.71 bits per heavy atom. The van der Waals surface area contributed by atoms with Gasteiger partial charge in [0.2, 0.25) is 5.91 Å². The number of amides is 1. The van der Waals surface area contributed by atoms with Crippen LogP contribution in [-0.4, -0.2) is 65.2 Å². The first kappa shape index (κ1) is 26.9. The van der Waals surface area contributed by atoms with Gasteiger partial charge in [0, 0.05) is 10.9 Å². The van der Waals surface area contributed by atoms with E-state index in [0.29, 0.717) is 34.2 Å². The van der Waals surface area contributed by atoms with Crippen LogP contribution in [0.15, 0.2) is 29.6 Å². The van der Waals surface area contributed by atoms with Crippen LogP contribution in [0, 0.1) is 11.7 Å². The minimum absolute atomic E-state index is 0.146. The number of hydrogen-bond donors (Lipinski definition) is 3. The van der Waals surface area contributed by atoms with Gasteiger partial charge in [-0.3, -0.25) is 9.69 Å². The molecule has 0 unspecified atom stereocenters. The lowest BCUT2D eigenvalue weighted by Gasteiger charge is -2.29. The number of hydrogen-bond acceptors (Lipinski definition) is 7. The van der Waals surface area contributed by atoms with Crippen LogP contribution in [0.25, 0.3) is 11.1 Å². The molecule has 0 spiro atoms. The van der Waals surface area contributed by atoms with Crippen LogP contribution in [0.3, 0.4) is 0 Å². The highest BCUT2D eigenvalue weighted by Crippen LogP contribution is 2.36. The summed E-state index contributed by atoms with van der Waals surface area (Å²) in [6, 6.07) is 5.91. The third-order valence-electron chi connectivity index (χ3n) is 5.11. The molecule has 184 valence electrons. The fourth-order valence-corrected chi connectivity index (χ4v) is 4.26. The zero-order valence-electron chi connectivity index (χ0n) is 18.9. The fraction of sp³-hybridized carbons (Fsp3) is 0.391. The van der Waals surface area contributed by atoms with E-state index in [-0.39, 0.29) is 18.3 Å². The van der Waals surface area contributed by atoms with Gasteiger partial charge in [-0.2, -0.15) is 0 Å². The second-order valence-electron chi connectivity index (χ2n) is 7.70. The Labute approximate surface area is 200 Å². The number of carboxylic acid groups (broad SMARTS) is 2. The lowest BCUT2D eigenvalue weighted by molar-refractivity contribution is -0.159. The smallest absolute Gasteiger partial charge is 0.414 e. The quantitative estimate of drug-likeness (QED) is 0.410. The lowest BCUT2D eigenvalue weighted by Crippen LogP contribution is -2.38. The number of piperidine rings is 1. The van der Waals surface area contributed by atoms with E-state index in [1.165, 1.54) is 23.5 Å². The predicted octanol–water partition coefficient (Wildman–Crippen LogP) is 3.56. The monoisotopic (exact) mass is 494 g/mol. The molecule has 9 nitrogen and oxygen atoms in total. The maximum atomic E-state index is 13.3. The van der Waals surface area contributed by atoms with Crippen molar-refractivity contribution in [3.63, 3.8) is 0 Å². The van der Waals surface area contributed by atoms with E-state index in [4.69, 9.17) is 24.5 Å². The molecule has 1 aromatic carbocycles. The maximum Gasteiger partial charge on any atom is 0.414 e. The fourth-order valence-electron chi connectivity index (χ4n) is 3.29. The summed E-state index contributed by atoms with van der Waals surface area (Å²) in [7, 11) is 0. The molecule has 0 atom stereocenters. The average Bonchev–Trinajstić information content (AvgIpc) is 3.19. The van der Waals surface area contributed by atoms with Crippen LogP contribution in [-0.2, 0) is 19.1 Å². The highest BCUT2D eigenvalue weighted by Gasteiger charge is 2.24. The van der Waals surface area contributed by atoms with Crippen LogP contribution >= 0.6 is 11.3 Å². The van der Waals surface area contributed by atoms with Crippen LogP contribution in [0.5, 0.6) is 0 Å². The lowest BCUT2D eigenvalue weighted by atomic mass is 9.99. The molecule has 2 aromatic rings. The first-order chi connectivity index (χ1) is 16.1. The number of likely N-dealkylation sites (tertiary alicyclic amines) is 1. The molecule has 11 heteroatoms. The summed E-state index contributed by atoms with van der Waals surface area (Å²) in [5.41, 5.74) is 1.65. The third-order valence-corrected chi connectivity index (χ3v) is 6.00. The van der Waals surface area contributed by atoms with Gasteiger partial charge in [-0.1, -0.05) is 19.1 Å². The van der Waals surface area contributed by atoms with E-state index in [2.05, 4.69) is 17.1 Å². The Morgan fingerprint density at radius 3 is 2.24 bits per heavy atom. The highest BCUT2D eigenvalue weighted by molar-refractivity contribution is 7.15. The Balaban J connectivity index is 0.000000604. The average molecular weight is 495 g/mol. The SMILES string of the molecule is CCOC(=O)c1c(-c2ccc(F)cc2)csc1NC(=O)CN1CCC(C)CC1.O=C(O)C(=O)O. The van der Waals surface area contributed by atoms with E-state index in [1.807, 2.05) is 0 Å². The predicted molar refractivity (Wildman–Crippen MR) is 124 cm³/mol. The van der Waals surface area contributed by atoms with E-state index in [0.717, 1.165) is 25.9 Å². The zero-order valence-corrected chi connectivity index (χ0v) is 19.7. The molecule has 3 rings (SSSR count). The number of carbonyl (C=O) groups excluding carboxylic acids is 2. The molecular weight excluding hydrogens is 467 g/mol. The largest absolute Gasteiger partial charge is 0.473 e. The van der Waals surface area contributed by atoms with Gasteiger partial charge < -0.3 is 20.3 Å². The summed E-state index contributed by atoms with van der Waals surface area (Å²) < 4.78 is 18.4. The highest BCUT2D eigenvalue weighted by atomic mass is 32.1. The van der Waals surface area contributed by atoms with Crippen molar-refractivity contribution >= 4 is 40.2 Å². The van der Waals surface area contributed by atoms with Crippen molar-refractivity contribution in [3.8, 4) is 11.1 Å². The van der Waals surface area contributed by atoms with E-state index < -0.39 is 17.9 Å². The second-order valence-corrected chi connectivity index (χ2v) is 8.58. The minimum atomic E-state index is -1.82. The summed E-state index contributed by atoms with van der Waals surface area (Å²) in [5.74, 6) is -3.94. The molecule has 1 aliphatic rings. The topological polar surface area (TPSA) is 133 Å². The Bertz CT molecular complexity index is 1000. The number of carboxylic acids is 2. The molecular formula is C23H27FN2O7S. The van der Waals surface area contributed by atoms with Gasteiger partial charge in [0.1, 0.15) is 16.4 Å². The molecule has 0 radical (unpaired) electrons. The van der Waals surface area contributed by atoms with Crippen LogP contribution in [0.1, 0.15) is 37.0 Å². The Morgan fingerprint density at radius 1 is 1.12 bits per heavy atom. The zero-order chi connectivity index (χ0) is 25.3. The molecule has 1 aliphatic heterocycles. The number of aliphatic carboxylic acids is 2. The molecule has 1 amide bonds. The molecule has 1 fully saturated rings. The number of anilines is 1. The van der Waals surface area contributed by atoms with Gasteiger partial charge in [-0.25, -0.2) is 18.8 Å². The standard InChI is InChI=1S/C21H25FN2O3S.C2H2O4/c1-3-27-21(26)19-17(15-4-6-16(22)7-5-15)13-28-20(19)23-18(25)12-24-10-8-14(2)9-11-24;3-1(4)2(5)6/h4-7,13-14H,3,8-12H2,1-2H3,(H,23,25);(H,3,4)(H,5,6). The number of thiophene rings is 1. The van der Waals surface area contributed by atoms with Crippen molar-refractivity contribution < 1.29 is 38.5 Å². The number of nitrogens with zero attached hydrogens (tertiary/aromatic N) is 1. The number of ether oxygens (including phenoxy) is 1. The Hall–Kier alpha value is -3.31. The molecule has 2 heterocycles. The van der Waals surface area contributed by atoms with Crippen molar-refractivity contribution in [3.05, 3.63) is 41.0 Å². The van der Waals surface area contributed by atoms with Crippen molar-refractivity contribution in [2.45, 2.75) is 26.7 Å². The van der Waals surface area contributed by atoms with Crippen LogP contribution in [0.2, 0.25) is 0 Å². The van der Waals surface area contributed by atoms with Crippen molar-refractivity contribution in [2.24, 2.45) is 5.92 Å². The van der Waals surface area contributed by atoms with Crippen LogP contribution in [0.4, 0.5) is 9.39 Å². The number of halogens is 1. The van der Waals surface area contributed by atoms with E-state index >= 15 is 0 Å². The van der Waals surface area contributed by atoms with Gasteiger partial charge in [-0.15, -0.1) is 11.3 Å². The first-order valence-electron chi connectivity index (χ1n) is 10.6. The summed E-state index contributed by atoms with van der Waals surface area (Å²) in [6.45, 7) is 6.31. The molecule has 3 N–H and O–H groups in total. The molecule has 0 bridgehead atoms. The maximum absolute atomic E-state index is 13.3. The minimum Gasteiger partial charge on any atom is -0.473 e. The van der Waals surface area contributed by atoms with Gasteiger partial charge >= 0.3 is 17.9 Å². The summed E-state index contributed by atoms with van der Waals surface area (Å²) >= 11 is 1.28. The van der Waals surface area contributed by atoms with Crippen molar-refractivity contribution in [1.29, 1.82) is 0 Å². The van der Waals surface area contributed by atoms with Crippen LogP contribution < -0.4 is 5.32 Å². The summed E-state index contributed by atoms with van der Waals surface area (Å²) in [6.07, 6.45) is 2.18. The molecule has 1 saturated heterocycles. The number of nitrogens with one attached hydrogen (secondary N) is 1. The number of benzene rings is 1. The molecule has 34 heavy (non-hydrogen) atoms. The Kier molecular flexibility index (Phi) is 10.1. The first-order valence-corrected chi connectivity index (χ1v) is 11.5.